The second-order valence-electron chi connectivity index (χ2n) is 2.44. The van der Waals surface area contributed by atoms with E-state index in [0.29, 0.717) is 105 Å². The van der Waals surface area contributed by atoms with Crippen molar-refractivity contribution in [1.82, 2.24) is 0 Å². The molecule has 12 heteroatoms. The van der Waals surface area contributed by atoms with E-state index in [0.717, 1.165) is 0 Å². The molecule has 104 valence electrons. The van der Waals surface area contributed by atoms with E-state index in [1.54, 1.807) is 0 Å². The van der Waals surface area contributed by atoms with Gasteiger partial charge in [-0.2, -0.15) is 0 Å². The fraction of sp³-hybridized carbons (Fsp3) is 0.500. The second kappa shape index (κ2) is 25.5. The van der Waals surface area contributed by atoms with Crippen LogP contribution in [0.15, 0.2) is 0 Å². The summed E-state index contributed by atoms with van der Waals surface area (Å²) >= 11 is 1.44. The molecule has 0 radical (unpaired) electrons. The van der Waals surface area contributed by atoms with Crippen LogP contribution in [-0.4, -0.2) is 129 Å². The molecule has 0 saturated heterocycles. The maximum atomic E-state index is 9.63. The Morgan fingerprint density at radius 3 is 0.550 bits per heavy atom. The molecule has 8 nitrogen and oxygen atoms in total. The van der Waals surface area contributed by atoms with Crippen molar-refractivity contribution in [2.45, 2.75) is 27.7 Å². The molecule has 0 aliphatic carbocycles. The second-order valence-corrected chi connectivity index (χ2v) is 6.10. The fourth-order valence-corrected chi connectivity index (χ4v) is 0. The molecule has 0 atom stereocenters. The molecule has 0 unspecified atom stereocenters. The third-order valence-electron chi connectivity index (χ3n) is 0.664. The van der Waals surface area contributed by atoms with Crippen LogP contribution in [0, 0.1) is 0 Å². The van der Waals surface area contributed by atoms with Gasteiger partial charge in [-0.25, -0.2) is 0 Å². The Balaban J connectivity index is -0.0000000853. The van der Waals surface area contributed by atoms with Crippen LogP contribution in [0.1, 0.15) is 27.7 Å². The van der Waals surface area contributed by atoms with Crippen LogP contribution in [0.5, 0.6) is 0 Å². The van der Waals surface area contributed by atoms with E-state index in [1.807, 2.05) is 0 Å². The number of hydrogen-bond acceptors (Lipinski definition) is 8. The van der Waals surface area contributed by atoms with Gasteiger partial charge >= 0.3 is 186 Å². The molecule has 0 heterocycles. The number of hydrogen-bond donors (Lipinski definition) is 0. The molecule has 0 fully saturated rings. The van der Waals surface area contributed by atoms with Crippen molar-refractivity contribution < 1.29 is 29.9 Å². The predicted molar refractivity (Wildman–Crippen MR) is 70.1 cm³/mol. The van der Waals surface area contributed by atoms with Crippen molar-refractivity contribution in [3.63, 3.8) is 0 Å². The van der Waals surface area contributed by atoms with Crippen LogP contribution < -0.4 is 0 Å². The predicted octanol–water partition coefficient (Wildman–Crippen LogP) is -1.47. The third-order valence-corrected chi connectivity index (χ3v) is 5.83. The van der Waals surface area contributed by atoms with Gasteiger partial charge in [0.25, 0.3) is 0 Å². The monoisotopic (exact) mass is 1060 g/mol. The molecule has 0 aromatic carbocycles. The summed E-state index contributed by atoms with van der Waals surface area (Å²) in [7, 11) is 0. The summed E-state index contributed by atoms with van der Waals surface area (Å²) in [6.07, 6.45) is 0. The molecule has 0 saturated carbocycles. The molecule has 0 spiro atoms. The summed E-state index contributed by atoms with van der Waals surface area (Å²) in [6.45, 7) is 5.61. The van der Waals surface area contributed by atoms with Crippen LogP contribution >= 0.6 is 0 Å². The van der Waals surface area contributed by atoms with E-state index in [1.165, 1.54) is 27.7 Å². The van der Waals surface area contributed by atoms with E-state index in [2.05, 4.69) is 10.7 Å². The van der Waals surface area contributed by atoms with Gasteiger partial charge < -0.3 is 0 Å². The third kappa shape index (κ3) is 73.7. The first-order valence-corrected chi connectivity index (χ1v) is 11.9. The Morgan fingerprint density at radius 1 is 0.500 bits per heavy atom. The standard InChI is InChI=1S/4C2H4O2.4Tl/c4*1-2(3)4;;;;/h4*1H3,(H,3,4);;;;/q;;;;4*+1/p-4. The Kier molecular flexibility index (Phi) is 37.7. The summed E-state index contributed by atoms with van der Waals surface area (Å²) in [5.74, 6) is -0.685. The van der Waals surface area contributed by atoms with Gasteiger partial charge in [0.1, 0.15) is 0 Å². The average Bonchev–Trinajstić information content (AvgIpc) is 2.40. The zero-order valence-electron chi connectivity index (χ0n) is 11.6. The Hall–Kier alpha value is 1.57. The molecular weight excluding hydrogens is 1040 g/mol. The average molecular weight is 1050 g/mol. The van der Waals surface area contributed by atoms with Gasteiger partial charge in [-0.15, -0.1) is 0 Å². The van der Waals surface area contributed by atoms with Crippen LogP contribution in [-0.2, 0) is 29.9 Å². The Bertz CT molecular complexity index is 228. The van der Waals surface area contributed by atoms with Crippen molar-refractivity contribution in [2.24, 2.45) is 0 Å². The normalized spacial score (nSPS) is 6.40. The first-order chi connectivity index (χ1) is 9.08. The van der Waals surface area contributed by atoms with Crippen molar-refractivity contribution in [3.8, 4) is 0 Å². The zero-order valence-corrected chi connectivity index (χ0v) is 29.5. The van der Waals surface area contributed by atoms with Gasteiger partial charge in [0, 0.05) is 0 Å². The SMILES string of the molecule is CC(=O)[O][Tl].CC(=O)[O][Tl].CC(=O)[O][Tl].CC(=O)[O][Tl]. The fourth-order valence-electron chi connectivity index (χ4n) is 0. The number of carbonyl (C=O) groups is 4. The van der Waals surface area contributed by atoms with E-state index >= 15 is 0 Å². The van der Waals surface area contributed by atoms with Crippen molar-refractivity contribution in [2.75, 3.05) is 0 Å². The molecule has 0 aliphatic heterocycles. The summed E-state index contributed by atoms with van der Waals surface area (Å²) in [5, 5.41) is 0. The summed E-state index contributed by atoms with van der Waals surface area (Å²) < 4.78 is 17.1. The molecule has 0 aromatic heterocycles. The van der Waals surface area contributed by atoms with E-state index in [-0.39, 0.29) is 23.9 Å². The van der Waals surface area contributed by atoms with Gasteiger partial charge in [-0.1, -0.05) is 0 Å². The van der Waals surface area contributed by atoms with E-state index in [9.17, 15) is 19.2 Å². The molecule has 0 N–H and O–H groups in total. The van der Waals surface area contributed by atoms with Crippen molar-refractivity contribution in [3.05, 3.63) is 0 Å². The van der Waals surface area contributed by atoms with Gasteiger partial charge in [0.05, 0.1) is 0 Å². The minimum atomic E-state index is -0.171. The zero-order chi connectivity index (χ0) is 17.1. The molecule has 20 heavy (non-hydrogen) atoms. The van der Waals surface area contributed by atoms with E-state index < -0.39 is 0 Å². The minimum absolute atomic E-state index is 0.171. The molecule has 0 aliphatic rings. The van der Waals surface area contributed by atoms with Crippen molar-refractivity contribution >= 4 is 129 Å². The molecule has 0 rings (SSSR count). The molecule has 0 aromatic rings. The molecule has 0 amide bonds. The van der Waals surface area contributed by atoms with Crippen LogP contribution in [0.25, 0.3) is 0 Å². The van der Waals surface area contributed by atoms with Crippen molar-refractivity contribution in [1.29, 1.82) is 0 Å². The van der Waals surface area contributed by atoms with Crippen LogP contribution in [0.4, 0.5) is 0 Å². The van der Waals surface area contributed by atoms with Gasteiger partial charge in [-0.3, -0.25) is 0 Å². The van der Waals surface area contributed by atoms with Crippen LogP contribution in [0.3, 0.4) is 0 Å². The van der Waals surface area contributed by atoms with Gasteiger partial charge in [0.15, 0.2) is 0 Å². The van der Waals surface area contributed by atoms with Gasteiger partial charge in [-0.05, 0) is 0 Å². The summed E-state index contributed by atoms with van der Waals surface area (Å²) in [4.78, 5) is 38.5. The first kappa shape index (κ1) is 29.6. The Morgan fingerprint density at radius 2 is 0.550 bits per heavy atom. The molecule has 0 bridgehead atoms. The topological polar surface area (TPSA) is 105 Å². The maximum absolute atomic E-state index is 9.63. The first-order valence-electron chi connectivity index (χ1n) is 4.58. The van der Waals surface area contributed by atoms with E-state index in [4.69, 9.17) is 0 Å². The molecular formula is C8H12O8Tl4. The summed E-state index contributed by atoms with van der Waals surface area (Å²) in [5.41, 5.74) is 0. The quantitative estimate of drug-likeness (QED) is 0.272. The summed E-state index contributed by atoms with van der Waals surface area (Å²) in [6, 6.07) is 0. The number of carbonyl (C=O) groups excluding carboxylic acids is 4. The number of rotatable bonds is 0. The van der Waals surface area contributed by atoms with Gasteiger partial charge in [0.2, 0.25) is 0 Å². The van der Waals surface area contributed by atoms with Crippen LogP contribution in [0.2, 0.25) is 0 Å². The Labute approximate surface area is 183 Å².